The molecule has 6 nitrogen and oxygen atoms in total. The van der Waals surface area contributed by atoms with Gasteiger partial charge < -0.3 is 20.1 Å². The lowest BCUT2D eigenvalue weighted by molar-refractivity contribution is 0.181. The number of aromatic nitrogens is 1. The van der Waals surface area contributed by atoms with Gasteiger partial charge in [0.25, 0.3) is 0 Å². The third-order valence-electron chi connectivity index (χ3n) is 4.92. The third kappa shape index (κ3) is 5.44. The number of amides is 2. The maximum Gasteiger partial charge on any atom is 0.315 e. The summed E-state index contributed by atoms with van der Waals surface area (Å²) in [6.07, 6.45) is 3.63. The summed E-state index contributed by atoms with van der Waals surface area (Å²) in [5.41, 5.74) is 2.03. The van der Waals surface area contributed by atoms with Gasteiger partial charge in [-0.05, 0) is 36.8 Å². The number of urea groups is 1. The minimum Gasteiger partial charge on any atom is -0.481 e. The predicted octanol–water partition coefficient (Wildman–Crippen LogP) is 3.62. The molecule has 1 fully saturated rings. The summed E-state index contributed by atoms with van der Waals surface area (Å²) in [6.45, 7) is 3.51. The normalized spacial score (nSPS) is 18.5. The van der Waals surface area contributed by atoms with E-state index in [0.717, 1.165) is 37.2 Å². The van der Waals surface area contributed by atoms with Crippen molar-refractivity contribution in [3.8, 4) is 5.88 Å². The van der Waals surface area contributed by atoms with Gasteiger partial charge in [0.2, 0.25) is 5.88 Å². The van der Waals surface area contributed by atoms with Crippen LogP contribution in [0.15, 0.2) is 48.7 Å². The van der Waals surface area contributed by atoms with Crippen LogP contribution in [0.25, 0.3) is 0 Å². The smallest absolute Gasteiger partial charge is 0.315 e. The maximum atomic E-state index is 12.6. The Bertz CT molecular complexity index is 715. The van der Waals surface area contributed by atoms with Crippen LogP contribution in [0.2, 0.25) is 0 Å². The molecule has 3 rings (SSSR count). The second-order valence-corrected chi connectivity index (χ2v) is 6.90. The Hall–Kier alpha value is -2.60. The zero-order valence-electron chi connectivity index (χ0n) is 15.9. The van der Waals surface area contributed by atoms with Gasteiger partial charge in [0.1, 0.15) is 0 Å². The van der Waals surface area contributed by atoms with E-state index in [1.54, 1.807) is 19.4 Å². The van der Waals surface area contributed by atoms with Crippen molar-refractivity contribution in [2.75, 3.05) is 20.3 Å². The van der Waals surface area contributed by atoms with Gasteiger partial charge >= 0.3 is 6.03 Å². The molecule has 144 valence electrons. The molecule has 1 aliphatic heterocycles. The summed E-state index contributed by atoms with van der Waals surface area (Å²) >= 11 is 0. The van der Waals surface area contributed by atoms with E-state index >= 15 is 0 Å². The number of hydrogen-bond donors (Lipinski definition) is 2. The quantitative estimate of drug-likeness (QED) is 0.782. The highest BCUT2D eigenvalue weighted by molar-refractivity contribution is 5.75. The molecule has 1 aliphatic rings. The molecule has 3 unspecified atom stereocenters. The molecule has 6 heteroatoms. The van der Waals surface area contributed by atoms with E-state index in [1.165, 1.54) is 0 Å². The standard InChI is InChI=1S/C21H27N3O3/c1-15(18-8-9-20(26-2)22-13-18)23-21(25)24-19(12-16-10-11-27-14-16)17-6-4-3-5-7-17/h3-9,13,15-16,19H,10-12,14H2,1-2H3,(H2,23,24,25). The van der Waals surface area contributed by atoms with E-state index in [9.17, 15) is 4.79 Å². The van der Waals surface area contributed by atoms with Gasteiger partial charge in [0, 0.05) is 25.5 Å². The first-order chi connectivity index (χ1) is 13.2. The summed E-state index contributed by atoms with van der Waals surface area (Å²) in [4.78, 5) is 16.8. The number of carbonyl (C=O) groups excluding carboxylic acids is 1. The SMILES string of the molecule is COc1ccc(C(C)NC(=O)NC(CC2CCOC2)c2ccccc2)cn1. The Labute approximate surface area is 160 Å². The molecule has 3 atom stereocenters. The molecule has 0 spiro atoms. The van der Waals surface area contributed by atoms with E-state index in [0.29, 0.717) is 11.8 Å². The Morgan fingerprint density at radius 2 is 2.04 bits per heavy atom. The number of nitrogens with one attached hydrogen (secondary N) is 2. The van der Waals surface area contributed by atoms with Gasteiger partial charge in [0.15, 0.2) is 0 Å². The average molecular weight is 369 g/mol. The molecule has 1 aromatic carbocycles. The fourth-order valence-corrected chi connectivity index (χ4v) is 3.31. The largest absolute Gasteiger partial charge is 0.481 e. The number of ether oxygens (including phenoxy) is 2. The van der Waals surface area contributed by atoms with E-state index in [2.05, 4.69) is 27.8 Å². The highest BCUT2D eigenvalue weighted by Gasteiger charge is 2.23. The highest BCUT2D eigenvalue weighted by Crippen LogP contribution is 2.26. The summed E-state index contributed by atoms with van der Waals surface area (Å²) in [6, 6.07) is 13.4. The van der Waals surface area contributed by atoms with Gasteiger partial charge in [-0.2, -0.15) is 0 Å². The topological polar surface area (TPSA) is 72.5 Å². The zero-order chi connectivity index (χ0) is 19.1. The molecule has 0 radical (unpaired) electrons. The molecule has 0 aliphatic carbocycles. The van der Waals surface area contributed by atoms with Crippen molar-refractivity contribution in [1.82, 2.24) is 15.6 Å². The van der Waals surface area contributed by atoms with Crippen molar-refractivity contribution < 1.29 is 14.3 Å². The minimum absolute atomic E-state index is 0.0425. The zero-order valence-corrected chi connectivity index (χ0v) is 15.9. The van der Waals surface area contributed by atoms with Crippen molar-refractivity contribution >= 4 is 6.03 Å². The molecule has 1 saturated heterocycles. The molecule has 1 aromatic heterocycles. The monoisotopic (exact) mass is 369 g/mol. The van der Waals surface area contributed by atoms with Crippen molar-refractivity contribution in [3.63, 3.8) is 0 Å². The molecule has 27 heavy (non-hydrogen) atoms. The number of pyridine rings is 1. The van der Waals surface area contributed by atoms with Crippen LogP contribution in [0, 0.1) is 5.92 Å². The summed E-state index contributed by atoms with van der Waals surface area (Å²) in [7, 11) is 1.58. The molecule has 0 saturated carbocycles. The molecule has 0 bridgehead atoms. The molecule has 2 heterocycles. The Morgan fingerprint density at radius 1 is 1.22 bits per heavy atom. The van der Waals surface area contributed by atoms with Crippen LogP contribution >= 0.6 is 0 Å². The van der Waals surface area contributed by atoms with Gasteiger partial charge in [-0.25, -0.2) is 9.78 Å². The lowest BCUT2D eigenvalue weighted by Gasteiger charge is -2.23. The molecular weight excluding hydrogens is 342 g/mol. The van der Waals surface area contributed by atoms with Crippen LogP contribution in [0.4, 0.5) is 4.79 Å². The Balaban J connectivity index is 1.62. The number of carbonyl (C=O) groups is 1. The van der Waals surface area contributed by atoms with Crippen LogP contribution < -0.4 is 15.4 Å². The van der Waals surface area contributed by atoms with Crippen LogP contribution in [0.3, 0.4) is 0 Å². The molecule has 2 N–H and O–H groups in total. The van der Waals surface area contributed by atoms with Crippen LogP contribution in [-0.2, 0) is 4.74 Å². The molecule has 2 amide bonds. The second kappa shape index (κ2) is 9.37. The van der Waals surface area contributed by atoms with Crippen molar-refractivity contribution in [2.45, 2.75) is 31.8 Å². The number of hydrogen-bond acceptors (Lipinski definition) is 4. The minimum atomic E-state index is -0.189. The predicted molar refractivity (Wildman–Crippen MR) is 104 cm³/mol. The summed E-state index contributed by atoms with van der Waals surface area (Å²) < 4.78 is 10.6. The Kier molecular flexibility index (Phi) is 6.65. The summed E-state index contributed by atoms with van der Waals surface area (Å²) in [5, 5.41) is 6.13. The molecular formula is C21H27N3O3. The lowest BCUT2D eigenvalue weighted by Crippen LogP contribution is -2.39. The van der Waals surface area contributed by atoms with Crippen LogP contribution in [-0.4, -0.2) is 31.3 Å². The fraction of sp³-hybridized carbons (Fsp3) is 0.429. The fourth-order valence-electron chi connectivity index (χ4n) is 3.31. The first-order valence-electron chi connectivity index (χ1n) is 9.35. The van der Waals surface area contributed by atoms with Crippen LogP contribution in [0.5, 0.6) is 5.88 Å². The first-order valence-corrected chi connectivity index (χ1v) is 9.35. The van der Waals surface area contributed by atoms with E-state index < -0.39 is 0 Å². The number of rotatable bonds is 7. The van der Waals surface area contributed by atoms with Gasteiger partial charge in [-0.3, -0.25) is 0 Å². The summed E-state index contributed by atoms with van der Waals surface area (Å²) in [5.74, 6) is 1.03. The maximum absolute atomic E-state index is 12.6. The lowest BCUT2D eigenvalue weighted by atomic mass is 9.94. The van der Waals surface area contributed by atoms with Gasteiger partial charge in [-0.15, -0.1) is 0 Å². The van der Waals surface area contributed by atoms with Crippen molar-refractivity contribution in [1.29, 1.82) is 0 Å². The Morgan fingerprint density at radius 3 is 2.67 bits per heavy atom. The van der Waals surface area contributed by atoms with Crippen molar-refractivity contribution in [2.24, 2.45) is 5.92 Å². The first kappa shape index (κ1) is 19.2. The molecule has 2 aromatic rings. The van der Waals surface area contributed by atoms with Gasteiger partial charge in [0.05, 0.1) is 19.2 Å². The van der Waals surface area contributed by atoms with E-state index in [-0.39, 0.29) is 18.1 Å². The number of nitrogens with zero attached hydrogens (tertiary/aromatic N) is 1. The number of benzene rings is 1. The second-order valence-electron chi connectivity index (χ2n) is 6.90. The van der Waals surface area contributed by atoms with Crippen LogP contribution in [0.1, 0.15) is 43.0 Å². The third-order valence-corrected chi connectivity index (χ3v) is 4.92. The van der Waals surface area contributed by atoms with Gasteiger partial charge in [-0.1, -0.05) is 36.4 Å². The average Bonchev–Trinajstić information content (AvgIpc) is 3.21. The van der Waals surface area contributed by atoms with Crippen molar-refractivity contribution in [3.05, 3.63) is 59.8 Å². The highest BCUT2D eigenvalue weighted by atomic mass is 16.5. The van der Waals surface area contributed by atoms with E-state index in [1.807, 2.05) is 31.2 Å². The number of methoxy groups -OCH3 is 1. The van der Waals surface area contributed by atoms with E-state index in [4.69, 9.17) is 9.47 Å².